The van der Waals surface area contributed by atoms with Gasteiger partial charge in [-0.2, -0.15) is 0 Å². The molecular formula is C33H26F2N4O5. The van der Waals surface area contributed by atoms with Gasteiger partial charge < -0.3 is 29.2 Å². The summed E-state index contributed by atoms with van der Waals surface area (Å²) in [6.07, 6.45) is 4.66. The molecule has 3 aromatic carbocycles. The summed E-state index contributed by atoms with van der Waals surface area (Å²) in [7, 11) is 3.11. The number of pyridine rings is 3. The van der Waals surface area contributed by atoms with E-state index in [9.17, 15) is 9.18 Å². The number of hydrogen-bond acceptors (Lipinski definition) is 8. The van der Waals surface area contributed by atoms with Gasteiger partial charge in [-0.1, -0.05) is 12.1 Å². The Labute approximate surface area is 250 Å². The van der Waals surface area contributed by atoms with Crippen LogP contribution in [0.5, 0.6) is 23.0 Å². The summed E-state index contributed by atoms with van der Waals surface area (Å²) in [6.45, 7) is 0.740. The number of hydrogen-bond donors (Lipinski definition) is 2. The van der Waals surface area contributed by atoms with Crippen molar-refractivity contribution >= 4 is 33.3 Å². The number of aromatic amines is 1. The molecule has 11 heteroatoms. The summed E-state index contributed by atoms with van der Waals surface area (Å²) >= 11 is 0. The van der Waals surface area contributed by atoms with Crippen LogP contribution in [0.25, 0.3) is 32.9 Å². The van der Waals surface area contributed by atoms with Crippen molar-refractivity contribution < 1.29 is 27.7 Å². The lowest BCUT2D eigenvalue weighted by Gasteiger charge is -2.14. The number of ether oxygens (including phenoxy) is 4. The highest BCUT2D eigenvalue weighted by molar-refractivity contribution is 5.93. The minimum absolute atomic E-state index is 0.0234. The van der Waals surface area contributed by atoms with Crippen LogP contribution in [0.2, 0.25) is 0 Å². The van der Waals surface area contributed by atoms with Crippen LogP contribution in [0.1, 0.15) is 0 Å². The SMILES string of the molecule is COCCOc1cc2nccc(Oc3ccc(Nc4nccc5[nH]cc(-c6ccc(F)cc6)c(=O)c45)cc3F)c2cc1OC. The van der Waals surface area contributed by atoms with Crippen LogP contribution in [0.3, 0.4) is 0 Å². The highest BCUT2D eigenvalue weighted by Crippen LogP contribution is 2.38. The molecular weight excluding hydrogens is 570 g/mol. The Bertz CT molecular complexity index is 2030. The van der Waals surface area contributed by atoms with Gasteiger partial charge in [0.15, 0.2) is 23.1 Å². The number of H-pyrrole nitrogens is 1. The van der Waals surface area contributed by atoms with E-state index >= 15 is 4.39 Å². The average Bonchev–Trinajstić information content (AvgIpc) is 3.03. The standard InChI is InChI=1S/C33H26F2N4O5/c1-41-13-14-43-30-17-26-22(16-29(30)42-2)27(10-12-36-26)44-28-8-7-21(15-24(28)35)39-33-31-25(9-11-37-33)38-18-23(32(31)40)19-3-5-20(34)6-4-19/h3-12,15-18H,13-14H2,1-2H3,(H,37,39)(H,38,40). The van der Waals surface area contributed by atoms with E-state index in [1.807, 2.05) is 0 Å². The average molecular weight is 597 g/mol. The second kappa shape index (κ2) is 12.4. The molecule has 222 valence electrons. The molecule has 0 fully saturated rings. The number of benzene rings is 3. The van der Waals surface area contributed by atoms with Crippen molar-refractivity contribution in [1.29, 1.82) is 0 Å². The summed E-state index contributed by atoms with van der Waals surface area (Å²) < 4.78 is 51.1. The first-order chi connectivity index (χ1) is 21.4. The number of aromatic nitrogens is 3. The van der Waals surface area contributed by atoms with Gasteiger partial charge in [-0.15, -0.1) is 0 Å². The van der Waals surface area contributed by atoms with E-state index < -0.39 is 11.6 Å². The summed E-state index contributed by atoms with van der Waals surface area (Å²) in [4.78, 5) is 25.3. The number of nitrogens with one attached hydrogen (secondary N) is 2. The smallest absolute Gasteiger partial charge is 0.200 e. The molecule has 0 saturated carbocycles. The van der Waals surface area contributed by atoms with Crippen molar-refractivity contribution in [3.05, 3.63) is 107 Å². The molecule has 0 bridgehead atoms. The molecule has 0 saturated heterocycles. The number of halogens is 2. The molecule has 0 spiro atoms. The zero-order valence-corrected chi connectivity index (χ0v) is 23.7. The largest absolute Gasteiger partial charge is 0.493 e. The minimum Gasteiger partial charge on any atom is -0.493 e. The Morgan fingerprint density at radius 3 is 2.43 bits per heavy atom. The Kier molecular flexibility index (Phi) is 8.02. The van der Waals surface area contributed by atoms with Gasteiger partial charge >= 0.3 is 0 Å². The highest BCUT2D eigenvalue weighted by Gasteiger charge is 2.16. The van der Waals surface area contributed by atoms with E-state index in [2.05, 4.69) is 20.3 Å². The van der Waals surface area contributed by atoms with Gasteiger partial charge in [0.2, 0.25) is 5.43 Å². The molecule has 6 aromatic rings. The van der Waals surface area contributed by atoms with Crippen molar-refractivity contribution in [2.75, 3.05) is 32.8 Å². The van der Waals surface area contributed by atoms with E-state index in [4.69, 9.17) is 18.9 Å². The van der Waals surface area contributed by atoms with E-state index in [0.29, 0.717) is 63.7 Å². The minimum atomic E-state index is -0.646. The normalized spacial score (nSPS) is 11.1. The van der Waals surface area contributed by atoms with E-state index in [1.165, 1.54) is 49.7 Å². The Hall–Kier alpha value is -5.55. The number of fused-ring (bicyclic) bond motifs is 2. The fourth-order valence-corrected chi connectivity index (χ4v) is 4.74. The van der Waals surface area contributed by atoms with Crippen LogP contribution < -0.4 is 25.0 Å². The van der Waals surface area contributed by atoms with Gasteiger partial charge in [0.05, 0.1) is 30.1 Å². The quantitative estimate of drug-likeness (QED) is 0.163. The molecule has 0 aliphatic heterocycles. The fourth-order valence-electron chi connectivity index (χ4n) is 4.74. The van der Waals surface area contributed by atoms with Gasteiger partial charge in [-0.3, -0.25) is 9.78 Å². The fraction of sp³-hybridized carbons (Fsp3) is 0.121. The Morgan fingerprint density at radius 2 is 1.66 bits per heavy atom. The molecule has 0 aliphatic rings. The first-order valence-electron chi connectivity index (χ1n) is 13.5. The van der Waals surface area contributed by atoms with Gasteiger partial charge in [0.1, 0.15) is 24.0 Å². The molecule has 0 atom stereocenters. The predicted molar refractivity (Wildman–Crippen MR) is 163 cm³/mol. The third kappa shape index (κ3) is 5.72. The molecule has 0 unspecified atom stereocenters. The predicted octanol–water partition coefficient (Wildman–Crippen LogP) is 6.99. The first-order valence-corrected chi connectivity index (χ1v) is 13.5. The zero-order chi connectivity index (χ0) is 30.6. The van der Waals surface area contributed by atoms with Crippen LogP contribution in [0, 0.1) is 11.6 Å². The second-order valence-corrected chi connectivity index (χ2v) is 9.66. The van der Waals surface area contributed by atoms with Crippen molar-refractivity contribution in [2.24, 2.45) is 0 Å². The molecule has 0 aliphatic carbocycles. The second-order valence-electron chi connectivity index (χ2n) is 9.66. The van der Waals surface area contributed by atoms with Crippen LogP contribution >= 0.6 is 0 Å². The summed E-state index contributed by atoms with van der Waals surface area (Å²) in [5.41, 5.74) is 2.04. The lowest BCUT2D eigenvalue weighted by Crippen LogP contribution is -2.10. The lowest BCUT2D eigenvalue weighted by molar-refractivity contribution is 0.144. The molecule has 0 radical (unpaired) electrons. The number of nitrogens with zero attached hydrogens (tertiary/aromatic N) is 2. The van der Waals surface area contributed by atoms with Gasteiger partial charge in [0, 0.05) is 54.5 Å². The van der Waals surface area contributed by atoms with E-state index in [-0.39, 0.29) is 22.4 Å². The highest BCUT2D eigenvalue weighted by atomic mass is 19.1. The monoisotopic (exact) mass is 596 g/mol. The maximum Gasteiger partial charge on any atom is 0.200 e. The molecule has 3 heterocycles. The van der Waals surface area contributed by atoms with Crippen LogP contribution in [0.15, 0.2) is 90.1 Å². The zero-order valence-electron chi connectivity index (χ0n) is 23.7. The van der Waals surface area contributed by atoms with E-state index in [0.717, 1.165) is 0 Å². The number of anilines is 2. The third-order valence-electron chi connectivity index (χ3n) is 6.90. The van der Waals surface area contributed by atoms with Crippen molar-refractivity contribution in [1.82, 2.24) is 15.0 Å². The third-order valence-corrected chi connectivity index (χ3v) is 6.90. The van der Waals surface area contributed by atoms with E-state index in [1.54, 1.807) is 49.8 Å². The number of methoxy groups -OCH3 is 2. The number of rotatable bonds is 10. The Balaban J connectivity index is 1.29. The van der Waals surface area contributed by atoms with Crippen molar-refractivity contribution in [2.45, 2.75) is 0 Å². The maximum atomic E-state index is 15.4. The first kappa shape index (κ1) is 28.6. The molecule has 44 heavy (non-hydrogen) atoms. The summed E-state index contributed by atoms with van der Waals surface area (Å²) in [5.74, 6) is 0.486. The van der Waals surface area contributed by atoms with Gasteiger partial charge in [-0.05, 0) is 48.0 Å². The maximum absolute atomic E-state index is 15.4. The van der Waals surface area contributed by atoms with Crippen molar-refractivity contribution in [3.63, 3.8) is 0 Å². The molecule has 9 nitrogen and oxygen atoms in total. The lowest BCUT2D eigenvalue weighted by atomic mass is 10.0. The summed E-state index contributed by atoms with van der Waals surface area (Å²) in [5, 5.41) is 3.92. The molecule has 0 amide bonds. The van der Waals surface area contributed by atoms with Crippen LogP contribution in [0.4, 0.5) is 20.3 Å². The molecule has 6 rings (SSSR count). The van der Waals surface area contributed by atoms with Crippen LogP contribution in [-0.2, 0) is 4.74 Å². The van der Waals surface area contributed by atoms with Gasteiger partial charge in [-0.25, -0.2) is 13.8 Å². The topological polar surface area (TPSA) is 108 Å². The summed E-state index contributed by atoms with van der Waals surface area (Å²) in [6, 6.07) is 16.7. The molecule has 2 N–H and O–H groups in total. The van der Waals surface area contributed by atoms with Crippen LogP contribution in [-0.4, -0.2) is 42.4 Å². The van der Waals surface area contributed by atoms with Gasteiger partial charge in [0.25, 0.3) is 0 Å². The molecule has 3 aromatic heterocycles. The Morgan fingerprint density at radius 1 is 0.841 bits per heavy atom. The van der Waals surface area contributed by atoms with Crippen molar-refractivity contribution in [3.8, 4) is 34.1 Å².